The maximum atomic E-state index is 12.4. The number of nitrogens with two attached hydrogens (primary N) is 1. The monoisotopic (exact) mass is 311 g/mol. The highest BCUT2D eigenvalue weighted by atomic mass is 16.1. The summed E-state index contributed by atoms with van der Waals surface area (Å²) >= 11 is 0. The third kappa shape index (κ3) is 2.86. The van der Waals surface area contributed by atoms with E-state index in [0.29, 0.717) is 24.4 Å². The van der Waals surface area contributed by atoms with Gasteiger partial charge >= 0.3 is 0 Å². The van der Waals surface area contributed by atoms with Crippen LogP contribution < -0.4 is 11.1 Å². The maximum absolute atomic E-state index is 12.4. The molecule has 0 spiro atoms. The number of amides is 1. The summed E-state index contributed by atoms with van der Waals surface area (Å²) < 4.78 is 1.81. The minimum absolute atomic E-state index is 0.0974. The van der Waals surface area contributed by atoms with E-state index in [1.807, 2.05) is 24.5 Å². The first-order chi connectivity index (χ1) is 11.2. The van der Waals surface area contributed by atoms with E-state index in [1.165, 1.54) is 0 Å². The van der Waals surface area contributed by atoms with Gasteiger partial charge in [-0.2, -0.15) is 5.10 Å². The average molecular weight is 311 g/mol. The first kappa shape index (κ1) is 14.4. The van der Waals surface area contributed by atoms with Gasteiger partial charge in [-0.3, -0.25) is 14.5 Å². The third-order valence-corrected chi connectivity index (χ3v) is 5.21. The molecule has 0 radical (unpaired) electrons. The van der Waals surface area contributed by atoms with Crippen LogP contribution in [0.4, 0.5) is 5.69 Å². The summed E-state index contributed by atoms with van der Waals surface area (Å²) in [5.41, 5.74) is 7.84. The predicted octanol–water partition coefficient (Wildman–Crippen LogP) is 1.64. The van der Waals surface area contributed by atoms with Gasteiger partial charge in [-0.25, -0.2) is 0 Å². The number of fused-ring (bicyclic) bond motifs is 1. The van der Waals surface area contributed by atoms with Crippen LogP contribution in [0, 0.1) is 17.8 Å². The molecule has 1 amide bonds. The van der Waals surface area contributed by atoms with Crippen LogP contribution in [-0.4, -0.2) is 26.7 Å². The van der Waals surface area contributed by atoms with E-state index < -0.39 is 0 Å². The summed E-state index contributed by atoms with van der Waals surface area (Å²) in [7, 11) is 0. The van der Waals surface area contributed by atoms with Gasteiger partial charge in [0.25, 0.3) is 0 Å². The van der Waals surface area contributed by atoms with Crippen molar-refractivity contribution in [2.45, 2.75) is 31.8 Å². The first-order valence-electron chi connectivity index (χ1n) is 8.17. The van der Waals surface area contributed by atoms with Gasteiger partial charge in [0.1, 0.15) is 0 Å². The molecule has 3 N–H and O–H groups in total. The summed E-state index contributed by atoms with van der Waals surface area (Å²) in [5, 5.41) is 7.29. The average Bonchev–Trinajstić information content (AvgIpc) is 3.12. The lowest BCUT2D eigenvalue weighted by Crippen LogP contribution is -2.44. The highest BCUT2D eigenvalue weighted by Crippen LogP contribution is 2.49. The van der Waals surface area contributed by atoms with Gasteiger partial charge < -0.3 is 11.1 Å². The van der Waals surface area contributed by atoms with Crippen molar-refractivity contribution in [3.05, 3.63) is 42.5 Å². The Labute approximate surface area is 135 Å². The van der Waals surface area contributed by atoms with E-state index in [4.69, 9.17) is 5.73 Å². The SMILES string of the molecule is N[C@@H]1C[C@@H]2CC(C(=O)Nc3cnn(Cc4cccnc4)c3)C[C@@H]21. The zero-order valence-electron chi connectivity index (χ0n) is 12.9. The first-order valence-corrected chi connectivity index (χ1v) is 8.17. The molecule has 2 aromatic heterocycles. The Morgan fingerprint density at radius 2 is 2.26 bits per heavy atom. The fourth-order valence-corrected chi connectivity index (χ4v) is 3.93. The predicted molar refractivity (Wildman–Crippen MR) is 86.5 cm³/mol. The van der Waals surface area contributed by atoms with Crippen molar-refractivity contribution in [1.82, 2.24) is 14.8 Å². The van der Waals surface area contributed by atoms with Crippen molar-refractivity contribution in [3.63, 3.8) is 0 Å². The lowest BCUT2D eigenvalue weighted by Gasteiger charge is -2.37. The minimum atomic E-state index is 0.0974. The van der Waals surface area contributed by atoms with Crippen LogP contribution in [0.2, 0.25) is 0 Å². The van der Waals surface area contributed by atoms with Gasteiger partial charge in [0.05, 0.1) is 18.4 Å². The zero-order chi connectivity index (χ0) is 15.8. The second-order valence-electron chi connectivity index (χ2n) is 6.77. The number of carbonyl (C=O) groups is 1. The molecule has 2 fully saturated rings. The van der Waals surface area contributed by atoms with Crippen molar-refractivity contribution >= 4 is 11.6 Å². The molecule has 0 bridgehead atoms. The molecule has 6 heteroatoms. The van der Waals surface area contributed by atoms with E-state index in [-0.39, 0.29) is 11.8 Å². The smallest absolute Gasteiger partial charge is 0.227 e. The number of anilines is 1. The Balaban J connectivity index is 1.35. The minimum Gasteiger partial charge on any atom is -0.327 e. The fourth-order valence-electron chi connectivity index (χ4n) is 3.93. The Morgan fingerprint density at radius 3 is 3.00 bits per heavy atom. The van der Waals surface area contributed by atoms with Crippen molar-refractivity contribution in [2.24, 2.45) is 23.5 Å². The zero-order valence-corrected chi connectivity index (χ0v) is 12.9. The molecule has 2 aliphatic carbocycles. The molecule has 1 unspecified atom stereocenters. The topological polar surface area (TPSA) is 85.8 Å². The quantitative estimate of drug-likeness (QED) is 0.899. The maximum Gasteiger partial charge on any atom is 0.227 e. The summed E-state index contributed by atoms with van der Waals surface area (Å²) in [5.74, 6) is 1.42. The number of aromatic nitrogens is 3. The van der Waals surface area contributed by atoms with Crippen LogP contribution in [0.5, 0.6) is 0 Å². The highest BCUT2D eigenvalue weighted by molar-refractivity contribution is 5.92. The summed E-state index contributed by atoms with van der Waals surface area (Å²) in [6, 6.07) is 4.21. The number of nitrogens with zero attached hydrogens (tertiary/aromatic N) is 3. The molecule has 2 saturated carbocycles. The molecule has 2 heterocycles. The number of pyridine rings is 1. The second kappa shape index (κ2) is 5.77. The van der Waals surface area contributed by atoms with Crippen LogP contribution >= 0.6 is 0 Å². The van der Waals surface area contributed by atoms with Crippen LogP contribution in [-0.2, 0) is 11.3 Å². The van der Waals surface area contributed by atoms with Crippen molar-refractivity contribution in [2.75, 3.05) is 5.32 Å². The third-order valence-electron chi connectivity index (χ3n) is 5.21. The molecule has 0 saturated heterocycles. The van der Waals surface area contributed by atoms with Crippen LogP contribution in [0.1, 0.15) is 24.8 Å². The molecule has 2 aliphatic rings. The normalized spacial score (nSPS) is 28.9. The van der Waals surface area contributed by atoms with Gasteiger partial charge in [-0.15, -0.1) is 0 Å². The lowest BCUT2D eigenvalue weighted by molar-refractivity contribution is -0.119. The van der Waals surface area contributed by atoms with Crippen LogP contribution in [0.3, 0.4) is 0 Å². The summed E-state index contributed by atoms with van der Waals surface area (Å²) in [6.45, 7) is 0.645. The van der Waals surface area contributed by atoms with Gasteiger partial charge in [0.2, 0.25) is 5.91 Å². The number of carbonyl (C=O) groups excluding carboxylic acids is 1. The number of hydrogen-bond donors (Lipinski definition) is 2. The standard InChI is InChI=1S/C17H21N5O/c18-16-6-12-4-13(5-15(12)16)17(23)21-14-8-20-22(10-14)9-11-2-1-3-19-7-11/h1-3,7-8,10,12-13,15-16H,4-6,9,18H2,(H,21,23)/t12-,13?,15-,16+/m0/s1. The van der Waals surface area contributed by atoms with E-state index in [0.717, 1.165) is 30.5 Å². The van der Waals surface area contributed by atoms with Crippen molar-refractivity contribution < 1.29 is 4.79 Å². The van der Waals surface area contributed by atoms with Crippen molar-refractivity contribution in [3.8, 4) is 0 Å². The highest BCUT2D eigenvalue weighted by Gasteiger charge is 2.47. The Morgan fingerprint density at radius 1 is 1.35 bits per heavy atom. The molecule has 4 rings (SSSR count). The van der Waals surface area contributed by atoms with Crippen molar-refractivity contribution in [1.29, 1.82) is 0 Å². The van der Waals surface area contributed by atoms with Gasteiger partial charge in [0, 0.05) is 30.6 Å². The Kier molecular flexibility index (Phi) is 3.61. The fraction of sp³-hybridized carbons (Fsp3) is 0.471. The van der Waals surface area contributed by atoms with E-state index in [2.05, 4.69) is 15.4 Å². The summed E-state index contributed by atoms with van der Waals surface area (Å²) in [4.78, 5) is 16.5. The van der Waals surface area contributed by atoms with Gasteiger partial charge in [-0.1, -0.05) is 6.07 Å². The number of hydrogen-bond acceptors (Lipinski definition) is 4. The Bertz CT molecular complexity index is 698. The molecule has 23 heavy (non-hydrogen) atoms. The van der Waals surface area contributed by atoms with Gasteiger partial charge in [-0.05, 0) is 42.7 Å². The molecule has 4 atom stereocenters. The second-order valence-corrected chi connectivity index (χ2v) is 6.77. The van der Waals surface area contributed by atoms with E-state index in [1.54, 1.807) is 17.1 Å². The van der Waals surface area contributed by atoms with E-state index in [9.17, 15) is 4.79 Å². The Hall–Kier alpha value is -2.21. The van der Waals surface area contributed by atoms with Crippen LogP contribution in [0.25, 0.3) is 0 Å². The molecule has 120 valence electrons. The molecule has 0 aromatic carbocycles. The molecule has 6 nitrogen and oxygen atoms in total. The number of nitrogens with one attached hydrogen (secondary N) is 1. The molecular weight excluding hydrogens is 290 g/mol. The summed E-state index contributed by atoms with van der Waals surface area (Å²) in [6.07, 6.45) is 10.1. The van der Waals surface area contributed by atoms with Crippen LogP contribution in [0.15, 0.2) is 36.9 Å². The molecular formula is C17H21N5O. The van der Waals surface area contributed by atoms with E-state index >= 15 is 0 Å². The molecule has 0 aliphatic heterocycles. The molecule has 2 aromatic rings. The largest absolute Gasteiger partial charge is 0.327 e. The lowest BCUT2D eigenvalue weighted by atomic mass is 9.72. The number of rotatable bonds is 4. The van der Waals surface area contributed by atoms with Gasteiger partial charge in [0.15, 0.2) is 0 Å².